The second-order valence-corrected chi connectivity index (χ2v) is 22.9. The number of fused-ring (bicyclic) bond motifs is 4. The molecule has 0 saturated carbocycles. The predicted molar refractivity (Wildman–Crippen MR) is 295 cm³/mol. The first-order valence-corrected chi connectivity index (χ1v) is 27.8. The van der Waals surface area contributed by atoms with Crippen LogP contribution in [0.5, 0.6) is 11.8 Å². The van der Waals surface area contributed by atoms with Crippen LogP contribution in [-0.2, 0) is 23.1 Å². The average molecular weight is 1060 g/mol. The Balaban J connectivity index is 0.674. The Bertz CT molecular complexity index is 3360. The summed E-state index contributed by atoms with van der Waals surface area (Å²) in [5, 5.41) is 39.3. The van der Waals surface area contributed by atoms with Crippen LogP contribution in [0, 0.1) is 17.2 Å². The number of likely N-dealkylation sites (tertiary alicyclic amines) is 2. The van der Waals surface area contributed by atoms with Crippen molar-refractivity contribution in [1.29, 1.82) is 0 Å². The number of anilines is 2. The van der Waals surface area contributed by atoms with E-state index < -0.39 is 23.9 Å². The lowest BCUT2D eigenvalue weighted by Crippen LogP contribution is -2.60. The number of aliphatic hydroxyl groups is 1. The Morgan fingerprint density at radius 1 is 0.974 bits per heavy atom. The van der Waals surface area contributed by atoms with Gasteiger partial charge in [-0.1, -0.05) is 68.4 Å². The van der Waals surface area contributed by atoms with E-state index in [1.165, 1.54) is 4.90 Å². The van der Waals surface area contributed by atoms with Crippen LogP contribution < -0.4 is 25.2 Å². The number of piperazine rings is 1. The number of halogens is 1. The Labute approximate surface area is 453 Å². The number of phenols is 1. The number of β-amino-alcohol motifs (C(OH)–C–C–N with tert-alkyl or cyclic N) is 1. The van der Waals surface area contributed by atoms with E-state index in [4.69, 9.17) is 24.2 Å². The van der Waals surface area contributed by atoms with E-state index in [1.807, 2.05) is 87.1 Å². The van der Waals surface area contributed by atoms with E-state index >= 15 is 4.39 Å². The van der Waals surface area contributed by atoms with Crippen molar-refractivity contribution in [2.75, 3.05) is 68.8 Å². The van der Waals surface area contributed by atoms with E-state index in [-0.39, 0.29) is 65.1 Å². The zero-order valence-corrected chi connectivity index (χ0v) is 45.0. The van der Waals surface area contributed by atoms with Crippen LogP contribution in [0.15, 0.2) is 83.6 Å². The largest absolute Gasteiger partial charge is 0.508 e. The number of hydrogen-bond acceptors (Lipinski definition) is 15. The number of amides is 2. The van der Waals surface area contributed by atoms with Crippen LogP contribution in [0.3, 0.4) is 0 Å². The number of nitrogens with zero attached hydrogens (tertiary/aromatic N) is 10. The molecule has 0 radical (unpaired) electrons. The van der Waals surface area contributed by atoms with Gasteiger partial charge in [0.15, 0.2) is 17.4 Å². The smallest absolute Gasteiger partial charge is 0.319 e. The van der Waals surface area contributed by atoms with Gasteiger partial charge in [0, 0.05) is 94.3 Å². The number of phenolic OH excluding ortho intramolecular Hbond substituents is 1. The van der Waals surface area contributed by atoms with Gasteiger partial charge in [-0.05, 0) is 104 Å². The van der Waals surface area contributed by atoms with Crippen LogP contribution in [0.4, 0.5) is 16.0 Å². The third-order valence-corrected chi connectivity index (χ3v) is 17.3. The molecule has 5 fully saturated rings. The highest BCUT2D eigenvalue weighted by Gasteiger charge is 2.47. The van der Waals surface area contributed by atoms with Gasteiger partial charge in [0.25, 0.3) is 0 Å². The number of aromatic nitrogens is 6. The van der Waals surface area contributed by atoms with Gasteiger partial charge >= 0.3 is 6.01 Å². The Morgan fingerprint density at radius 2 is 1.74 bits per heavy atom. The molecule has 2 unspecified atom stereocenters. The highest BCUT2D eigenvalue weighted by atomic mass is 19.1. The predicted octanol–water partition coefficient (Wildman–Crippen LogP) is 7.14. The Kier molecular flexibility index (Phi) is 13.8. The highest BCUT2D eigenvalue weighted by Crippen LogP contribution is 2.44. The standard InChI is InChI=1S/C59H69FN12O6/c1-6-36-8-7-9-39-24-42(73)25-44(51(36)39)53-52(60)54-45(28-61-53)55(70-29-40-14-15-41(30-70)64-40)66-58(65-54)77-23-22-69-20-17-59(18-21-69)32-71(33-59)49-27-48(78-67-49)50(34(2)3)57(76)72-31-43(74)26-47(72)56(75)63-35(4)37-10-12-38(13-11-37)46-16-19-62-68(46)5/h7-13,16,19,24-25,27-28,34-35,40-41,43,47,50,64,73-74H,6,14-15,17-18,20-23,26,29-33H2,1-5H3,(H,63,75)/t35-,40?,41?,43+,47-,50-/m0/s1. The summed E-state index contributed by atoms with van der Waals surface area (Å²) in [5.74, 6) is -0.226. The van der Waals surface area contributed by atoms with Gasteiger partial charge in [0.05, 0.1) is 23.2 Å². The summed E-state index contributed by atoms with van der Waals surface area (Å²) in [6.07, 6.45) is 7.61. The number of nitrogens with one attached hydrogen (secondary N) is 2. The Hall–Kier alpha value is -7.22. The third-order valence-electron chi connectivity index (χ3n) is 17.3. The fraction of sp³-hybridized carbons (Fsp3) is 0.475. The molecular weight excluding hydrogens is 992 g/mol. The number of piperidine rings is 1. The van der Waals surface area contributed by atoms with E-state index in [0.717, 1.165) is 105 Å². The van der Waals surface area contributed by atoms with Crippen molar-refractivity contribution < 1.29 is 33.5 Å². The van der Waals surface area contributed by atoms with Gasteiger partial charge < -0.3 is 44.8 Å². The topological polar surface area (TPSA) is 203 Å². The zero-order chi connectivity index (χ0) is 54.0. The monoisotopic (exact) mass is 1060 g/mol. The Morgan fingerprint density at radius 3 is 2.46 bits per heavy atom. The molecule has 5 aliphatic heterocycles. The van der Waals surface area contributed by atoms with Gasteiger partial charge in [-0.25, -0.2) is 4.39 Å². The molecule has 78 heavy (non-hydrogen) atoms. The SMILES string of the molecule is CCc1cccc2cc(O)cc(-c3ncc4c(N5CC6CCC(C5)N6)nc(OCCN5CCC6(CC5)CN(c5cc([C@@H](C(=O)N7C[C@H](O)C[C@H]7C(=O)N[C@@H](C)c7ccc(-c8ccnn8C)cc7)C(C)C)on5)C6)nc4c3F)c12. The molecule has 0 aliphatic carbocycles. The maximum atomic E-state index is 17.1. The fourth-order valence-corrected chi connectivity index (χ4v) is 13.0. The lowest BCUT2D eigenvalue weighted by atomic mass is 9.72. The third kappa shape index (κ3) is 9.78. The summed E-state index contributed by atoms with van der Waals surface area (Å²) in [4.78, 5) is 51.0. The molecule has 2 bridgehead atoms. The summed E-state index contributed by atoms with van der Waals surface area (Å²) in [6, 6.07) is 20.6. The molecule has 5 aliphatic rings. The molecule has 408 valence electrons. The number of aliphatic hydroxyl groups excluding tert-OH is 1. The summed E-state index contributed by atoms with van der Waals surface area (Å²) in [7, 11) is 1.89. The van der Waals surface area contributed by atoms with Gasteiger partial charge in [0.1, 0.15) is 41.3 Å². The number of rotatable bonds is 15. The van der Waals surface area contributed by atoms with Crippen molar-refractivity contribution in [2.45, 2.75) is 102 Å². The summed E-state index contributed by atoms with van der Waals surface area (Å²) in [5.41, 5.74) is 4.85. The molecule has 2 amide bonds. The van der Waals surface area contributed by atoms with Crippen molar-refractivity contribution in [3.8, 4) is 34.3 Å². The minimum absolute atomic E-state index is 0.0365. The average Bonchev–Trinajstić information content (AvgIpc) is 4.26. The molecule has 4 N–H and O–H groups in total. The van der Waals surface area contributed by atoms with Crippen LogP contribution in [-0.4, -0.2) is 145 Å². The number of carbonyl (C=O) groups excluding carboxylic acids is 2. The molecule has 3 aromatic carbocycles. The second-order valence-electron chi connectivity index (χ2n) is 22.9. The lowest BCUT2D eigenvalue weighted by Gasteiger charge is -2.54. The molecule has 7 aromatic rings. The number of aryl methyl sites for hydroxylation is 2. The van der Waals surface area contributed by atoms with E-state index in [1.54, 1.807) is 24.5 Å². The van der Waals surface area contributed by atoms with Crippen molar-refractivity contribution in [3.63, 3.8) is 0 Å². The maximum Gasteiger partial charge on any atom is 0.319 e. The highest BCUT2D eigenvalue weighted by molar-refractivity contribution is 6.02. The van der Waals surface area contributed by atoms with Crippen molar-refractivity contribution in [1.82, 2.24) is 50.3 Å². The normalized spacial score (nSPS) is 21.9. The zero-order valence-electron chi connectivity index (χ0n) is 45.0. The van der Waals surface area contributed by atoms with Crippen molar-refractivity contribution in [3.05, 3.63) is 102 Å². The molecule has 9 heterocycles. The molecule has 18 nitrogen and oxygen atoms in total. The molecule has 19 heteroatoms. The quantitative estimate of drug-likeness (QED) is 0.0806. The fourth-order valence-electron chi connectivity index (χ4n) is 13.0. The first kappa shape index (κ1) is 51.5. The van der Waals surface area contributed by atoms with Crippen molar-refractivity contribution >= 4 is 45.1 Å². The first-order chi connectivity index (χ1) is 37.7. The van der Waals surface area contributed by atoms with Gasteiger partial charge in [0.2, 0.25) is 11.8 Å². The number of ether oxygens (including phenoxy) is 1. The number of carbonyl (C=O) groups is 2. The number of benzene rings is 3. The summed E-state index contributed by atoms with van der Waals surface area (Å²) >= 11 is 0. The van der Waals surface area contributed by atoms with E-state index in [9.17, 15) is 19.8 Å². The van der Waals surface area contributed by atoms with Gasteiger partial charge in [-0.2, -0.15) is 15.1 Å². The minimum Gasteiger partial charge on any atom is -0.508 e. The second kappa shape index (κ2) is 20.9. The van der Waals surface area contributed by atoms with Gasteiger partial charge in [-0.15, -0.1) is 0 Å². The number of hydrogen-bond donors (Lipinski definition) is 4. The van der Waals surface area contributed by atoms with Crippen LogP contribution in [0.25, 0.3) is 44.2 Å². The van der Waals surface area contributed by atoms with Crippen LogP contribution in [0.2, 0.25) is 0 Å². The minimum atomic E-state index is -0.832. The van der Waals surface area contributed by atoms with Crippen molar-refractivity contribution in [2.24, 2.45) is 18.4 Å². The molecular formula is C59H69FN12O6. The molecule has 1 spiro atoms. The van der Waals surface area contributed by atoms with Crippen LogP contribution >= 0.6 is 0 Å². The lowest BCUT2D eigenvalue weighted by molar-refractivity contribution is -0.141. The van der Waals surface area contributed by atoms with E-state index in [2.05, 4.69) is 42.5 Å². The first-order valence-electron chi connectivity index (χ1n) is 27.8. The summed E-state index contributed by atoms with van der Waals surface area (Å²) < 4.78 is 31.3. The molecule has 4 aromatic heterocycles. The molecule has 6 atom stereocenters. The molecule has 12 rings (SSSR count). The van der Waals surface area contributed by atoms with Crippen LogP contribution in [0.1, 0.15) is 88.6 Å². The molecule has 5 saturated heterocycles. The summed E-state index contributed by atoms with van der Waals surface area (Å²) in [6.45, 7) is 13.8. The number of pyridine rings is 1. The van der Waals surface area contributed by atoms with E-state index in [0.29, 0.717) is 53.6 Å². The van der Waals surface area contributed by atoms with Gasteiger partial charge in [-0.3, -0.25) is 24.2 Å². The maximum absolute atomic E-state index is 17.1. The number of aromatic hydroxyl groups is 1.